The second kappa shape index (κ2) is 15.2. The van der Waals surface area contributed by atoms with Crippen LogP contribution < -0.4 is 54.6 Å². The Morgan fingerprint density at radius 2 is 0.776 bits per heavy atom. The van der Waals surface area contributed by atoms with Crippen LogP contribution >= 0.6 is 0 Å². The maximum absolute atomic E-state index is 7.10. The number of rotatable bonds is 5. The Hall–Kier alpha value is -7.18. The van der Waals surface area contributed by atoms with Crippen LogP contribution in [0.25, 0.3) is 111 Å². The third-order valence-corrected chi connectivity index (χ3v) is 15.4. The second-order valence-corrected chi connectivity index (χ2v) is 18.6. The van der Waals surface area contributed by atoms with Gasteiger partial charge in [-0.1, -0.05) is 141 Å². The third kappa shape index (κ3) is 5.81. The molecule has 0 unspecified atom stereocenters. The van der Waals surface area contributed by atoms with E-state index >= 15 is 0 Å². The molecule has 0 N–H and O–H groups in total. The minimum Gasteiger partial charge on any atom is -0.455 e. The van der Waals surface area contributed by atoms with Crippen molar-refractivity contribution in [2.45, 2.75) is 0 Å². The zero-order chi connectivity index (χ0) is 46.2. The van der Waals surface area contributed by atoms with E-state index in [2.05, 4.69) is 154 Å². The van der Waals surface area contributed by atoms with Crippen LogP contribution in [0.2, 0.25) is 0 Å². The van der Waals surface area contributed by atoms with Gasteiger partial charge in [-0.05, 0) is 41.1 Å². The zero-order valence-electron chi connectivity index (χ0n) is 39.8. The predicted molar refractivity (Wildman–Crippen MR) is 314 cm³/mol. The fourth-order valence-electron chi connectivity index (χ4n) is 11.2. The number of hydrogen-bond acceptors (Lipinski definition) is 4. The molecule has 0 aliphatic rings. The van der Waals surface area contributed by atoms with Gasteiger partial charge in [0.2, 0.25) is 0 Å². The first kappa shape index (κ1) is 41.3. The van der Waals surface area contributed by atoms with E-state index in [4.69, 9.17) is 19.4 Å². The molecule has 0 bridgehead atoms. The standard InChI is InChI=1S/C51H41B10N5O/c52-34-32-30-36(54)38(56)40(58)42(60)44(30)65(24-16-8-3-9-17-24)46(32)47-33(35(34)53)31-37(55)39(57)41(59)43(61)45(31)66(47)27-20-11-21-28-29(27)25-18-10-19-26(48(25)67-28)51-63-49(22-12-4-1-5-13-22)62-50(64-51)23-14-6-2-7-15-23/h1-21H,52-61H2. The van der Waals surface area contributed by atoms with E-state index < -0.39 is 0 Å². The van der Waals surface area contributed by atoms with E-state index in [0.717, 1.165) is 50.0 Å². The van der Waals surface area contributed by atoms with E-state index in [1.54, 1.807) is 0 Å². The van der Waals surface area contributed by atoms with Crippen molar-refractivity contribution in [3.8, 4) is 45.5 Å². The second-order valence-electron chi connectivity index (χ2n) is 18.6. The van der Waals surface area contributed by atoms with Gasteiger partial charge in [-0.2, -0.15) is 0 Å². The number of furan rings is 1. The molecule has 16 heteroatoms. The van der Waals surface area contributed by atoms with Crippen molar-refractivity contribution in [3.63, 3.8) is 0 Å². The van der Waals surface area contributed by atoms with Crippen LogP contribution in [0.3, 0.4) is 0 Å². The maximum Gasteiger partial charge on any atom is 0.167 e. The Balaban J connectivity index is 1.27. The van der Waals surface area contributed by atoms with E-state index in [0.29, 0.717) is 17.5 Å². The molecule has 0 spiro atoms. The Kier molecular flexibility index (Phi) is 9.35. The maximum atomic E-state index is 7.10. The van der Waals surface area contributed by atoms with Crippen LogP contribution in [0.1, 0.15) is 0 Å². The number of aromatic nitrogens is 5. The summed E-state index contributed by atoms with van der Waals surface area (Å²) in [7, 11) is 23.1. The lowest BCUT2D eigenvalue weighted by Crippen LogP contribution is -2.48. The molecule has 0 saturated heterocycles. The van der Waals surface area contributed by atoms with Gasteiger partial charge >= 0.3 is 0 Å². The molecule has 0 radical (unpaired) electrons. The summed E-state index contributed by atoms with van der Waals surface area (Å²) in [6.45, 7) is 0. The lowest BCUT2D eigenvalue weighted by atomic mass is 9.64. The molecule has 0 aliphatic heterocycles. The number of hydrogen-bond donors (Lipinski definition) is 0. The van der Waals surface area contributed by atoms with Crippen LogP contribution in [0.15, 0.2) is 132 Å². The first-order valence-electron chi connectivity index (χ1n) is 23.3. The van der Waals surface area contributed by atoms with Gasteiger partial charge in [0.15, 0.2) is 17.5 Å². The van der Waals surface area contributed by atoms with Crippen LogP contribution in [0.5, 0.6) is 0 Å². The highest BCUT2D eigenvalue weighted by Gasteiger charge is 2.30. The molecular weight excluding hydrogens is 807 g/mol. The molecule has 67 heavy (non-hydrogen) atoms. The molecule has 0 saturated carbocycles. The fourth-order valence-corrected chi connectivity index (χ4v) is 11.2. The van der Waals surface area contributed by atoms with Gasteiger partial charge in [0.1, 0.15) is 89.6 Å². The zero-order valence-corrected chi connectivity index (χ0v) is 39.8. The van der Waals surface area contributed by atoms with E-state index in [1.807, 2.05) is 60.7 Å². The molecule has 4 aromatic heterocycles. The summed E-state index contributed by atoms with van der Waals surface area (Å²) in [4.78, 5) is 15.3. The van der Waals surface area contributed by atoms with Gasteiger partial charge in [-0.15, -0.1) is 10.9 Å². The van der Waals surface area contributed by atoms with Crippen molar-refractivity contribution in [2.75, 3.05) is 0 Å². The minimum absolute atomic E-state index is 0.560. The van der Waals surface area contributed by atoms with Crippen molar-refractivity contribution >= 4 is 199 Å². The predicted octanol–water partition coefficient (Wildman–Crippen LogP) is -4.45. The van der Waals surface area contributed by atoms with Crippen LogP contribution in [-0.2, 0) is 0 Å². The summed E-state index contributed by atoms with van der Waals surface area (Å²) >= 11 is 0. The van der Waals surface area contributed by atoms with Crippen molar-refractivity contribution in [1.29, 1.82) is 0 Å². The molecule has 306 valence electrons. The SMILES string of the molecule is Bc1c(B)c(B)c2c(c1B)c1c(B)c(B)c3c4c(B)c(B)c(B)c(B)c4n(-c4cccc5oc6c(-c7nc(-c8ccccc8)nc(-c8ccccc8)n7)cccc6c45)c3c1n2-c1ccccc1. The van der Waals surface area contributed by atoms with Gasteiger partial charge in [-0.25, -0.2) is 15.0 Å². The monoisotopic (exact) mass is 849 g/mol. The quantitative estimate of drug-likeness (QED) is 0.164. The minimum atomic E-state index is 0.560. The molecule has 4 heterocycles. The lowest BCUT2D eigenvalue weighted by molar-refractivity contribution is 0.669. The number of benzene rings is 8. The van der Waals surface area contributed by atoms with E-state index in [1.165, 1.54) is 98.2 Å². The fraction of sp³-hybridized carbons (Fsp3) is 0. The van der Waals surface area contributed by atoms with Gasteiger partial charge in [0, 0.05) is 44.0 Å². The van der Waals surface area contributed by atoms with Crippen LogP contribution in [0.4, 0.5) is 0 Å². The summed E-state index contributed by atoms with van der Waals surface area (Å²) < 4.78 is 12.3. The molecule has 0 atom stereocenters. The Morgan fingerprint density at radius 3 is 1.33 bits per heavy atom. The smallest absolute Gasteiger partial charge is 0.167 e. The topological polar surface area (TPSA) is 61.7 Å². The first-order valence-corrected chi connectivity index (χ1v) is 23.3. The summed E-state index contributed by atoms with van der Waals surface area (Å²) in [5, 5.41) is 7.29. The van der Waals surface area contributed by atoms with Crippen LogP contribution in [0, 0.1) is 0 Å². The molecule has 0 aliphatic carbocycles. The van der Waals surface area contributed by atoms with E-state index in [9.17, 15) is 0 Å². The lowest BCUT2D eigenvalue weighted by Gasteiger charge is -2.17. The molecule has 6 nitrogen and oxygen atoms in total. The Bertz CT molecular complexity index is 4040. The molecular formula is C51H41B10N5O. The highest BCUT2D eigenvalue weighted by atomic mass is 16.3. The number of para-hydroxylation sites is 2. The van der Waals surface area contributed by atoms with Gasteiger partial charge in [0.05, 0.1) is 27.7 Å². The molecule has 12 aromatic rings. The van der Waals surface area contributed by atoms with Gasteiger partial charge in [0.25, 0.3) is 0 Å². The Morgan fingerprint density at radius 1 is 0.343 bits per heavy atom. The average molecular weight is 848 g/mol. The largest absolute Gasteiger partial charge is 0.455 e. The van der Waals surface area contributed by atoms with Crippen molar-refractivity contribution in [2.24, 2.45) is 0 Å². The molecule has 8 aromatic carbocycles. The first-order chi connectivity index (χ1) is 32.5. The number of fused-ring (bicyclic) bond motifs is 10. The molecule has 0 amide bonds. The van der Waals surface area contributed by atoms with Crippen molar-refractivity contribution < 1.29 is 4.42 Å². The molecule has 12 rings (SSSR count). The summed E-state index contributed by atoms with van der Waals surface area (Å²) in [5.41, 5.74) is 24.5. The van der Waals surface area contributed by atoms with Crippen LogP contribution in [-0.4, -0.2) is 103 Å². The molecule has 0 fully saturated rings. The third-order valence-electron chi connectivity index (χ3n) is 15.4. The highest BCUT2D eigenvalue weighted by molar-refractivity contribution is 6.71. The number of nitrogens with zero attached hydrogens (tertiary/aromatic N) is 5. The summed E-state index contributed by atoms with van der Waals surface area (Å²) in [6.07, 6.45) is 0. The van der Waals surface area contributed by atoms with Crippen molar-refractivity contribution in [3.05, 3.63) is 127 Å². The Labute approximate surface area is 398 Å². The van der Waals surface area contributed by atoms with Gasteiger partial charge < -0.3 is 13.6 Å². The van der Waals surface area contributed by atoms with Gasteiger partial charge in [-0.3, -0.25) is 0 Å². The normalized spacial score (nSPS) is 11.9. The van der Waals surface area contributed by atoms with Crippen molar-refractivity contribution in [1.82, 2.24) is 24.1 Å². The summed E-state index contributed by atoms with van der Waals surface area (Å²) in [5.74, 6) is 1.78. The summed E-state index contributed by atoms with van der Waals surface area (Å²) in [6, 6.07) is 44.2. The highest BCUT2D eigenvalue weighted by Crippen LogP contribution is 2.43. The average Bonchev–Trinajstić information content (AvgIpc) is 4.05. The van der Waals surface area contributed by atoms with E-state index in [-0.39, 0.29) is 0 Å².